The van der Waals surface area contributed by atoms with Gasteiger partial charge in [-0.05, 0) is 31.9 Å². The summed E-state index contributed by atoms with van der Waals surface area (Å²) in [6.45, 7) is 2.06. The number of Topliss-reactive ketones (excluding diaryl/α,β-unsaturated/α-hetero) is 1. The number of ketones is 1. The third-order valence-electron chi connectivity index (χ3n) is 4.34. The summed E-state index contributed by atoms with van der Waals surface area (Å²) in [6.07, 6.45) is 4.00. The molecule has 9 heteroatoms. The molecule has 2 heterocycles. The Bertz CT molecular complexity index is 915. The number of piperidine rings is 1. The molecule has 1 saturated heterocycles. The van der Waals surface area contributed by atoms with Crippen LogP contribution in [0.1, 0.15) is 30.1 Å². The molecular formula is C18H21N3O5S. The summed E-state index contributed by atoms with van der Waals surface area (Å²) >= 11 is 0. The molecule has 0 spiro atoms. The molecule has 0 saturated carbocycles. The number of methoxy groups -OCH3 is 1. The monoisotopic (exact) mass is 391 g/mol. The average Bonchev–Trinajstić information content (AvgIpc) is 2.68. The molecule has 8 nitrogen and oxygen atoms in total. The van der Waals surface area contributed by atoms with Crippen LogP contribution >= 0.6 is 0 Å². The van der Waals surface area contributed by atoms with E-state index < -0.39 is 10.0 Å². The van der Waals surface area contributed by atoms with Crippen molar-refractivity contribution in [3.8, 4) is 11.8 Å². The van der Waals surface area contributed by atoms with Crippen molar-refractivity contribution in [2.24, 2.45) is 0 Å². The summed E-state index contributed by atoms with van der Waals surface area (Å²) in [4.78, 5) is 19.7. The largest absolute Gasteiger partial charge is 0.477 e. The number of sulfonamides is 1. The van der Waals surface area contributed by atoms with Crippen molar-refractivity contribution in [1.29, 1.82) is 0 Å². The second-order valence-electron chi connectivity index (χ2n) is 6.20. The standard InChI is InChI=1S/C18H21N3O5S/c1-13(22)14-5-7-16(8-6-14)27(23,24)21-11-3-4-15(12-21)26-18-17(25-2)19-9-10-20-18/h5-10,15H,3-4,11-12H2,1-2H3. The minimum atomic E-state index is -3.67. The van der Waals surface area contributed by atoms with E-state index in [9.17, 15) is 13.2 Å². The minimum Gasteiger partial charge on any atom is -0.477 e. The fourth-order valence-electron chi connectivity index (χ4n) is 2.92. The summed E-state index contributed by atoms with van der Waals surface area (Å²) < 4.78 is 38.2. The van der Waals surface area contributed by atoms with Crippen molar-refractivity contribution in [2.45, 2.75) is 30.8 Å². The van der Waals surface area contributed by atoms with E-state index in [0.29, 0.717) is 24.9 Å². The predicted octanol–water partition coefficient (Wildman–Crippen LogP) is 1.92. The number of carbonyl (C=O) groups is 1. The lowest BCUT2D eigenvalue weighted by Gasteiger charge is -2.31. The Balaban J connectivity index is 1.75. The molecule has 1 atom stereocenters. The highest BCUT2D eigenvalue weighted by Crippen LogP contribution is 2.26. The van der Waals surface area contributed by atoms with Gasteiger partial charge in [0, 0.05) is 24.5 Å². The van der Waals surface area contributed by atoms with Gasteiger partial charge in [0.15, 0.2) is 5.78 Å². The first kappa shape index (κ1) is 19.2. The maximum absolute atomic E-state index is 12.9. The van der Waals surface area contributed by atoms with Crippen LogP contribution in [0, 0.1) is 0 Å². The smallest absolute Gasteiger partial charge is 0.278 e. The molecule has 0 amide bonds. The molecule has 1 unspecified atom stereocenters. The maximum atomic E-state index is 12.9. The Morgan fingerprint density at radius 2 is 1.81 bits per heavy atom. The second kappa shape index (κ2) is 8.01. The van der Waals surface area contributed by atoms with Crippen molar-refractivity contribution in [1.82, 2.24) is 14.3 Å². The van der Waals surface area contributed by atoms with Gasteiger partial charge in [-0.3, -0.25) is 4.79 Å². The molecule has 1 aliphatic rings. The van der Waals surface area contributed by atoms with Crippen LogP contribution in [-0.2, 0) is 10.0 Å². The molecular weight excluding hydrogens is 370 g/mol. The van der Waals surface area contributed by atoms with E-state index in [2.05, 4.69) is 9.97 Å². The van der Waals surface area contributed by atoms with Gasteiger partial charge in [0.25, 0.3) is 11.8 Å². The lowest BCUT2D eigenvalue weighted by atomic mass is 10.1. The summed E-state index contributed by atoms with van der Waals surface area (Å²) in [5.41, 5.74) is 0.476. The number of benzene rings is 1. The number of carbonyl (C=O) groups excluding carboxylic acids is 1. The van der Waals surface area contributed by atoms with E-state index in [-0.39, 0.29) is 35.1 Å². The molecule has 1 aromatic heterocycles. The van der Waals surface area contributed by atoms with E-state index in [1.807, 2.05) is 0 Å². The van der Waals surface area contributed by atoms with Crippen molar-refractivity contribution < 1.29 is 22.7 Å². The Hall–Kier alpha value is -2.52. The van der Waals surface area contributed by atoms with Crippen LogP contribution < -0.4 is 9.47 Å². The van der Waals surface area contributed by atoms with E-state index in [1.165, 1.54) is 55.0 Å². The van der Waals surface area contributed by atoms with E-state index in [0.717, 1.165) is 0 Å². The molecule has 3 rings (SSSR count). The van der Waals surface area contributed by atoms with Gasteiger partial charge in [-0.2, -0.15) is 4.31 Å². The number of hydrogen-bond acceptors (Lipinski definition) is 7. The lowest BCUT2D eigenvalue weighted by Crippen LogP contribution is -2.44. The van der Waals surface area contributed by atoms with Gasteiger partial charge in [-0.1, -0.05) is 12.1 Å². The molecule has 0 radical (unpaired) electrons. The first-order valence-corrected chi connectivity index (χ1v) is 9.98. The van der Waals surface area contributed by atoms with Crippen LogP contribution in [0.4, 0.5) is 0 Å². The zero-order valence-corrected chi connectivity index (χ0v) is 16.0. The first-order valence-electron chi connectivity index (χ1n) is 8.54. The second-order valence-corrected chi connectivity index (χ2v) is 8.13. The SMILES string of the molecule is COc1nccnc1OC1CCCN(S(=O)(=O)c2ccc(C(C)=O)cc2)C1. The average molecular weight is 391 g/mol. The number of aromatic nitrogens is 2. The number of ether oxygens (including phenoxy) is 2. The molecule has 27 heavy (non-hydrogen) atoms. The fraction of sp³-hybridized carbons (Fsp3) is 0.389. The summed E-state index contributed by atoms with van der Waals surface area (Å²) in [5.74, 6) is 0.399. The van der Waals surface area contributed by atoms with Crippen LogP contribution in [0.25, 0.3) is 0 Å². The van der Waals surface area contributed by atoms with Crippen LogP contribution in [0.15, 0.2) is 41.6 Å². The van der Waals surface area contributed by atoms with Crippen molar-refractivity contribution in [3.05, 3.63) is 42.2 Å². The Morgan fingerprint density at radius 3 is 2.44 bits per heavy atom. The zero-order valence-electron chi connectivity index (χ0n) is 15.2. The molecule has 0 bridgehead atoms. The van der Waals surface area contributed by atoms with Gasteiger partial charge < -0.3 is 9.47 Å². The van der Waals surface area contributed by atoms with Crippen LogP contribution in [0.2, 0.25) is 0 Å². The summed E-state index contributed by atoms with van der Waals surface area (Å²) in [7, 11) is -2.20. The van der Waals surface area contributed by atoms with Gasteiger partial charge in [0.05, 0.1) is 18.6 Å². The Labute approximate surface area is 158 Å². The molecule has 1 aliphatic heterocycles. The molecule has 1 aromatic carbocycles. The first-order chi connectivity index (χ1) is 12.9. The summed E-state index contributed by atoms with van der Waals surface area (Å²) in [6, 6.07) is 5.97. The maximum Gasteiger partial charge on any atom is 0.278 e. The molecule has 0 N–H and O–H groups in total. The molecule has 0 aliphatic carbocycles. The molecule has 1 fully saturated rings. The number of rotatable bonds is 6. The van der Waals surface area contributed by atoms with E-state index in [4.69, 9.17) is 9.47 Å². The highest BCUT2D eigenvalue weighted by Gasteiger charge is 2.32. The van der Waals surface area contributed by atoms with E-state index >= 15 is 0 Å². The van der Waals surface area contributed by atoms with Gasteiger partial charge in [0.1, 0.15) is 6.10 Å². The fourth-order valence-corrected chi connectivity index (χ4v) is 4.43. The third-order valence-corrected chi connectivity index (χ3v) is 6.22. The number of hydrogen-bond donors (Lipinski definition) is 0. The van der Waals surface area contributed by atoms with Crippen molar-refractivity contribution in [2.75, 3.05) is 20.2 Å². The van der Waals surface area contributed by atoms with Gasteiger partial charge >= 0.3 is 0 Å². The van der Waals surface area contributed by atoms with Crippen LogP contribution in [0.5, 0.6) is 11.8 Å². The van der Waals surface area contributed by atoms with Gasteiger partial charge in [-0.15, -0.1) is 0 Å². The molecule has 2 aromatic rings. The Kier molecular flexibility index (Phi) is 5.71. The van der Waals surface area contributed by atoms with Crippen molar-refractivity contribution in [3.63, 3.8) is 0 Å². The third kappa shape index (κ3) is 4.25. The van der Waals surface area contributed by atoms with Crippen molar-refractivity contribution >= 4 is 15.8 Å². The highest BCUT2D eigenvalue weighted by molar-refractivity contribution is 7.89. The topological polar surface area (TPSA) is 98.7 Å². The quantitative estimate of drug-likeness (QED) is 0.694. The van der Waals surface area contributed by atoms with Gasteiger partial charge in [-0.25, -0.2) is 18.4 Å². The highest BCUT2D eigenvalue weighted by atomic mass is 32.2. The normalized spacial score (nSPS) is 18.1. The van der Waals surface area contributed by atoms with E-state index in [1.54, 1.807) is 0 Å². The van der Waals surface area contributed by atoms with Crippen LogP contribution in [-0.4, -0.2) is 54.8 Å². The van der Waals surface area contributed by atoms with Gasteiger partial charge in [0.2, 0.25) is 10.0 Å². The minimum absolute atomic E-state index is 0.108. The Morgan fingerprint density at radius 1 is 1.15 bits per heavy atom. The summed E-state index contributed by atoms with van der Waals surface area (Å²) in [5, 5.41) is 0. The van der Waals surface area contributed by atoms with Crippen LogP contribution in [0.3, 0.4) is 0 Å². The molecule has 144 valence electrons. The lowest BCUT2D eigenvalue weighted by molar-refractivity contribution is 0.101. The zero-order chi connectivity index (χ0) is 19.4. The predicted molar refractivity (Wildman–Crippen MR) is 97.4 cm³/mol. The number of nitrogens with zero attached hydrogens (tertiary/aromatic N) is 3.